The number of aromatic nitrogens is 1. The number of nitrogens with one attached hydrogen (secondary N) is 1. The molecule has 6 heteroatoms. The third kappa shape index (κ3) is 4.33. The standard InChI is InChI=1S/C29H30N2O4/c32-28(33)18-29(21-6-3-20-11-14-35-27(20)16-21)17-24(29)19-4-8-23(9-5-19)34-15-12-22-7-10-25-26(31-22)2-1-13-30-25/h3-10,16,24,30H,1-2,11-15,17-18H2,(H,32,33). The van der Waals surface area contributed by atoms with E-state index in [1.807, 2.05) is 12.1 Å². The lowest BCUT2D eigenvalue weighted by Crippen LogP contribution is -2.15. The monoisotopic (exact) mass is 470 g/mol. The number of fused-ring (bicyclic) bond motifs is 2. The maximum atomic E-state index is 11.7. The molecular formula is C29H30N2O4. The zero-order valence-electron chi connectivity index (χ0n) is 19.8. The van der Waals surface area contributed by atoms with Crippen molar-refractivity contribution in [1.29, 1.82) is 0 Å². The van der Waals surface area contributed by atoms with Crippen molar-refractivity contribution in [2.75, 3.05) is 25.1 Å². The van der Waals surface area contributed by atoms with E-state index in [1.165, 1.54) is 5.56 Å². The van der Waals surface area contributed by atoms with Gasteiger partial charge < -0.3 is 19.9 Å². The molecule has 0 spiro atoms. The van der Waals surface area contributed by atoms with E-state index in [0.717, 1.165) is 78.4 Å². The normalized spacial score (nSPS) is 21.9. The van der Waals surface area contributed by atoms with Crippen LogP contribution in [0.5, 0.6) is 11.5 Å². The molecule has 1 fully saturated rings. The number of ether oxygens (including phenoxy) is 2. The second-order valence-corrected chi connectivity index (χ2v) is 9.90. The van der Waals surface area contributed by atoms with E-state index < -0.39 is 5.97 Å². The highest BCUT2D eigenvalue weighted by molar-refractivity contribution is 5.71. The van der Waals surface area contributed by atoms with Crippen LogP contribution in [-0.2, 0) is 29.5 Å². The Kier molecular flexibility index (Phi) is 5.59. The number of carboxylic acids is 1. The lowest BCUT2D eigenvalue weighted by Gasteiger charge is -2.18. The summed E-state index contributed by atoms with van der Waals surface area (Å²) in [6.07, 6.45) is 4.80. The lowest BCUT2D eigenvalue weighted by atomic mass is 9.87. The highest BCUT2D eigenvalue weighted by atomic mass is 16.5. The molecule has 1 saturated carbocycles. The number of carboxylic acid groups (broad SMARTS) is 1. The Morgan fingerprint density at radius 1 is 1.14 bits per heavy atom. The maximum absolute atomic E-state index is 11.7. The fourth-order valence-corrected chi connectivity index (χ4v) is 5.69. The zero-order chi connectivity index (χ0) is 23.8. The molecule has 6 rings (SSSR count). The fraction of sp³-hybridized carbons (Fsp3) is 0.379. The van der Waals surface area contributed by atoms with E-state index in [-0.39, 0.29) is 17.8 Å². The van der Waals surface area contributed by atoms with Gasteiger partial charge in [-0.15, -0.1) is 0 Å². The first-order valence-corrected chi connectivity index (χ1v) is 12.5. The molecule has 180 valence electrons. The first-order chi connectivity index (χ1) is 17.1. The molecular weight excluding hydrogens is 440 g/mol. The molecule has 2 aromatic carbocycles. The minimum absolute atomic E-state index is 0.123. The van der Waals surface area contributed by atoms with E-state index in [0.29, 0.717) is 13.2 Å². The number of aliphatic carboxylic acids is 1. The number of pyridine rings is 1. The van der Waals surface area contributed by atoms with Crippen molar-refractivity contribution in [1.82, 2.24) is 4.98 Å². The summed E-state index contributed by atoms with van der Waals surface area (Å²) in [6.45, 7) is 2.29. The van der Waals surface area contributed by atoms with Crippen LogP contribution < -0.4 is 14.8 Å². The summed E-state index contributed by atoms with van der Waals surface area (Å²) in [7, 11) is 0. The van der Waals surface area contributed by atoms with Crippen molar-refractivity contribution >= 4 is 11.7 Å². The van der Waals surface area contributed by atoms with E-state index in [9.17, 15) is 9.90 Å². The first kappa shape index (κ1) is 22.0. The summed E-state index contributed by atoms with van der Waals surface area (Å²) in [5, 5.41) is 13.0. The van der Waals surface area contributed by atoms with Crippen LogP contribution in [-0.4, -0.2) is 35.8 Å². The molecule has 0 radical (unpaired) electrons. The van der Waals surface area contributed by atoms with E-state index in [2.05, 4.69) is 47.8 Å². The van der Waals surface area contributed by atoms with Crippen LogP contribution in [0.4, 0.5) is 5.69 Å². The van der Waals surface area contributed by atoms with Gasteiger partial charge in [0.05, 0.1) is 31.0 Å². The molecule has 35 heavy (non-hydrogen) atoms. The van der Waals surface area contributed by atoms with Crippen molar-refractivity contribution in [3.05, 3.63) is 82.7 Å². The van der Waals surface area contributed by atoms with Crippen LogP contribution in [0.2, 0.25) is 0 Å². The Balaban J connectivity index is 1.11. The molecule has 0 bridgehead atoms. The molecule has 0 amide bonds. The number of benzene rings is 2. The summed E-state index contributed by atoms with van der Waals surface area (Å²) in [5.41, 5.74) is 6.43. The fourth-order valence-electron chi connectivity index (χ4n) is 5.69. The second kappa shape index (κ2) is 8.91. The van der Waals surface area contributed by atoms with Gasteiger partial charge in [-0.2, -0.15) is 0 Å². The number of aryl methyl sites for hydroxylation is 1. The van der Waals surface area contributed by atoms with Crippen LogP contribution in [0.1, 0.15) is 53.3 Å². The molecule has 2 atom stereocenters. The molecule has 2 unspecified atom stereocenters. The van der Waals surface area contributed by atoms with Gasteiger partial charge in [-0.25, -0.2) is 0 Å². The minimum Gasteiger partial charge on any atom is -0.493 e. The van der Waals surface area contributed by atoms with Crippen molar-refractivity contribution in [2.45, 2.75) is 49.9 Å². The molecule has 3 heterocycles. The number of carbonyl (C=O) groups is 1. The van der Waals surface area contributed by atoms with Crippen LogP contribution in [0.25, 0.3) is 0 Å². The third-order valence-corrected chi connectivity index (χ3v) is 7.66. The summed E-state index contributed by atoms with van der Waals surface area (Å²) >= 11 is 0. The molecule has 3 aromatic rings. The molecule has 1 aromatic heterocycles. The minimum atomic E-state index is -0.763. The number of hydrogen-bond acceptors (Lipinski definition) is 5. The predicted molar refractivity (Wildman–Crippen MR) is 134 cm³/mol. The molecule has 6 nitrogen and oxygen atoms in total. The van der Waals surface area contributed by atoms with Crippen LogP contribution >= 0.6 is 0 Å². The Bertz CT molecular complexity index is 1260. The number of nitrogens with zero attached hydrogens (tertiary/aromatic N) is 1. The van der Waals surface area contributed by atoms with Crippen LogP contribution in [0.15, 0.2) is 54.6 Å². The highest BCUT2D eigenvalue weighted by Crippen LogP contribution is 2.63. The Hall–Kier alpha value is -3.54. The van der Waals surface area contributed by atoms with Crippen molar-refractivity contribution in [2.24, 2.45) is 0 Å². The Morgan fingerprint density at radius 2 is 2.03 bits per heavy atom. The van der Waals surface area contributed by atoms with Gasteiger partial charge in [-0.3, -0.25) is 9.78 Å². The predicted octanol–water partition coefficient (Wildman–Crippen LogP) is 4.90. The third-order valence-electron chi connectivity index (χ3n) is 7.66. The van der Waals surface area contributed by atoms with Gasteiger partial charge in [0, 0.05) is 30.5 Å². The van der Waals surface area contributed by atoms with Gasteiger partial charge in [0.2, 0.25) is 0 Å². The molecule has 2 N–H and O–H groups in total. The van der Waals surface area contributed by atoms with E-state index >= 15 is 0 Å². The number of rotatable bonds is 8. The van der Waals surface area contributed by atoms with Gasteiger partial charge in [0.15, 0.2) is 0 Å². The Morgan fingerprint density at radius 3 is 2.89 bits per heavy atom. The first-order valence-electron chi connectivity index (χ1n) is 12.5. The van der Waals surface area contributed by atoms with Crippen molar-refractivity contribution < 1.29 is 19.4 Å². The van der Waals surface area contributed by atoms with Gasteiger partial charge in [-0.05, 0) is 72.2 Å². The van der Waals surface area contributed by atoms with Gasteiger partial charge in [-0.1, -0.05) is 24.3 Å². The average molecular weight is 471 g/mol. The average Bonchev–Trinajstić information content (AvgIpc) is 3.39. The highest BCUT2D eigenvalue weighted by Gasteiger charge is 2.57. The van der Waals surface area contributed by atoms with Gasteiger partial charge in [0.25, 0.3) is 0 Å². The zero-order valence-corrected chi connectivity index (χ0v) is 19.8. The second-order valence-electron chi connectivity index (χ2n) is 9.90. The molecule has 3 aliphatic rings. The quantitative estimate of drug-likeness (QED) is 0.488. The molecule has 0 saturated heterocycles. The van der Waals surface area contributed by atoms with Crippen molar-refractivity contribution in [3.8, 4) is 11.5 Å². The summed E-state index contributed by atoms with van der Waals surface area (Å²) in [5.74, 6) is 1.15. The van der Waals surface area contributed by atoms with E-state index in [4.69, 9.17) is 14.5 Å². The molecule has 1 aliphatic carbocycles. The Labute approximate surface area is 205 Å². The SMILES string of the molecule is O=C(O)CC1(c2ccc3c(c2)OCC3)CC1c1ccc(OCCc2ccc3c(n2)CCCN3)cc1. The lowest BCUT2D eigenvalue weighted by molar-refractivity contribution is -0.137. The summed E-state index contributed by atoms with van der Waals surface area (Å²) in [4.78, 5) is 16.5. The molecule has 2 aliphatic heterocycles. The van der Waals surface area contributed by atoms with Gasteiger partial charge in [0.1, 0.15) is 11.5 Å². The topological polar surface area (TPSA) is 80.7 Å². The smallest absolute Gasteiger partial charge is 0.304 e. The largest absolute Gasteiger partial charge is 0.493 e. The van der Waals surface area contributed by atoms with Gasteiger partial charge >= 0.3 is 5.97 Å². The van der Waals surface area contributed by atoms with E-state index in [1.54, 1.807) is 0 Å². The van der Waals surface area contributed by atoms with Crippen LogP contribution in [0, 0.1) is 0 Å². The van der Waals surface area contributed by atoms with Crippen molar-refractivity contribution in [3.63, 3.8) is 0 Å². The summed E-state index contributed by atoms with van der Waals surface area (Å²) in [6, 6.07) is 18.6. The summed E-state index contributed by atoms with van der Waals surface area (Å²) < 4.78 is 11.7. The number of anilines is 1. The number of hydrogen-bond donors (Lipinski definition) is 2. The van der Waals surface area contributed by atoms with Crippen LogP contribution in [0.3, 0.4) is 0 Å². The maximum Gasteiger partial charge on any atom is 0.304 e.